The number of likely N-dealkylation sites (tertiary alicyclic amines) is 1. The summed E-state index contributed by atoms with van der Waals surface area (Å²) in [5.74, 6) is 0.463. The molecule has 9 heteroatoms. The number of aliphatic hydroxyl groups is 4. The van der Waals surface area contributed by atoms with Gasteiger partial charge in [0.1, 0.15) is 12.2 Å². The van der Waals surface area contributed by atoms with Crippen molar-refractivity contribution in [1.29, 1.82) is 0 Å². The van der Waals surface area contributed by atoms with Gasteiger partial charge in [-0.15, -0.1) is 0 Å². The monoisotopic (exact) mass is 479 g/mol. The molecule has 2 rings (SSSR count). The first-order chi connectivity index (χ1) is 15.2. The van der Waals surface area contributed by atoms with E-state index in [4.69, 9.17) is 14.2 Å². The molecule has 9 nitrogen and oxygen atoms in total. The van der Waals surface area contributed by atoms with E-state index in [-0.39, 0.29) is 38.7 Å². The third-order valence-corrected chi connectivity index (χ3v) is 5.75. The number of nitrogens with zero attached hydrogens (tertiary/aromatic N) is 1. The van der Waals surface area contributed by atoms with Crippen LogP contribution in [0.3, 0.4) is 0 Å². The van der Waals surface area contributed by atoms with Gasteiger partial charge in [0.15, 0.2) is 6.29 Å². The number of carbonyl (C=O) groups excluding carboxylic acids is 1. The van der Waals surface area contributed by atoms with Gasteiger partial charge in [0.2, 0.25) is 5.91 Å². The predicted octanol–water partition coefficient (Wildman–Crippen LogP) is 1.55. The standard InChI is InChI=1S/C19H35NO8.C4H10.CH4/c1-12-17(24)18(25)15(11-22)28-19(12)27-7-5-3-4-6-16(23)20-9-14(26-2)8-13(20)10-21;1-4(2)3;/h12-15,17-19,21-22,24-25H,3-11H2,1-2H3;4H,1-3H3;1H4/t12?,13-,14+,15?,17+,18-,19+;;/m0../s1. The van der Waals surface area contributed by atoms with Gasteiger partial charge in [0.05, 0.1) is 31.5 Å². The van der Waals surface area contributed by atoms with Crippen molar-refractivity contribution in [2.75, 3.05) is 33.5 Å². The number of hydrogen-bond acceptors (Lipinski definition) is 8. The minimum absolute atomic E-state index is 0. The maximum Gasteiger partial charge on any atom is 0.222 e. The minimum atomic E-state index is -1.13. The van der Waals surface area contributed by atoms with E-state index < -0.39 is 30.5 Å². The van der Waals surface area contributed by atoms with Crippen molar-refractivity contribution < 1.29 is 39.4 Å². The summed E-state index contributed by atoms with van der Waals surface area (Å²) in [6, 6.07) is -0.160. The van der Waals surface area contributed by atoms with E-state index in [9.17, 15) is 25.2 Å². The van der Waals surface area contributed by atoms with Crippen molar-refractivity contribution in [2.24, 2.45) is 11.8 Å². The maximum absolute atomic E-state index is 12.4. The second kappa shape index (κ2) is 16.8. The quantitative estimate of drug-likeness (QED) is 0.347. The molecule has 2 aliphatic heterocycles. The van der Waals surface area contributed by atoms with Gasteiger partial charge >= 0.3 is 0 Å². The molecule has 4 N–H and O–H groups in total. The lowest BCUT2D eigenvalue weighted by Gasteiger charge is -2.40. The SMILES string of the molecule is C.CC(C)C.CO[C@@H]1C[C@@H](CO)N(C(=O)CCCCCO[C@@H]2OC(CO)[C@H](O)[C@H](O)C2C)C1. The zero-order valence-corrected chi connectivity index (χ0v) is 20.4. The summed E-state index contributed by atoms with van der Waals surface area (Å²) in [5.41, 5.74) is 0. The van der Waals surface area contributed by atoms with Crippen LogP contribution in [-0.2, 0) is 19.0 Å². The topological polar surface area (TPSA) is 129 Å². The lowest BCUT2D eigenvalue weighted by atomic mass is 9.92. The highest BCUT2D eigenvalue weighted by atomic mass is 16.7. The summed E-state index contributed by atoms with van der Waals surface area (Å²) in [6.45, 7) is 8.72. The molecule has 0 aromatic heterocycles. The average molecular weight is 480 g/mol. The second-order valence-corrected chi connectivity index (χ2v) is 9.46. The summed E-state index contributed by atoms with van der Waals surface area (Å²) in [7, 11) is 1.62. The fourth-order valence-corrected chi connectivity index (χ4v) is 3.83. The van der Waals surface area contributed by atoms with Gasteiger partial charge in [-0.25, -0.2) is 0 Å². The van der Waals surface area contributed by atoms with Crippen molar-refractivity contribution in [2.45, 2.75) is 104 Å². The Hall–Kier alpha value is -0.810. The molecule has 0 bridgehead atoms. The summed E-state index contributed by atoms with van der Waals surface area (Å²) in [5, 5.41) is 38.5. The van der Waals surface area contributed by atoms with Crippen molar-refractivity contribution in [3.8, 4) is 0 Å². The molecule has 33 heavy (non-hydrogen) atoms. The molecule has 0 aromatic carbocycles. The molecule has 198 valence electrons. The molecule has 2 aliphatic rings. The number of aliphatic hydroxyl groups excluding tert-OH is 4. The number of hydrogen-bond donors (Lipinski definition) is 4. The molecule has 0 radical (unpaired) electrons. The molecule has 0 aromatic rings. The Morgan fingerprint density at radius 1 is 1.09 bits per heavy atom. The third kappa shape index (κ3) is 10.5. The van der Waals surface area contributed by atoms with Crippen LogP contribution in [0, 0.1) is 11.8 Å². The zero-order valence-electron chi connectivity index (χ0n) is 20.4. The highest BCUT2D eigenvalue weighted by Crippen LogP contribution is 2.27. The Balaban J connectivity index is 0.00000189. The molecule has 7 atom stereocenters. The first kappa shape index (κ1) is 32.2. The van der Waals surface area contributed by atoms with Crippen LogP contribution in [0.4, 0.5) is 0 Å². The van der Waals surface area contributed by atoms with E-state index in [1.54, 1.807) is 18.9 Å². The first-order valence-electron chi connectivity index (χ1n) is 11.8. The van der Waals surface area contributed by atoms with Crippen molar-refractivity contribution in [3.05, 3.63) is 0 Å². The number of ether oxygens (including phenoxy) is 3. The van der Waals surface area contributed by atoms with E-state index in [2.05, 4.69) is 20.8 Å². The number of carbonyl (C=O) groups is 1. The smallest absolute Gasteiger partial charge is 0.222 e. The van der Waals surface area contributed by atoms with E-state index in [0.29, 0.717) is 26.0 Å². The fourth-order valence-electron chi connectivity index (χ4n) is 3.83. The van der Waals surface area contributed by atoms with Gasteiger partial charge < -0.3 is 39.5 Å². The van der Waals surface area contributed by atoms with E-state index >= 15 is 0 Å². The molecule has 0 spiro atoms. The average Bonchev–Trinajstić information content (AvgIpc) is 3.19. The van der Waals surface area contributed by atoms with Crippen molar-refractivity contribution >= 4 is 5.91 Å². The molecule has 1 amide bonds. The van der Waals surface area contributed by atoms with Crippen LogP contribution in [0.15, 0.2) is 0 Å². The molecule has 0 saturated carbocycles. The molecule has 2 fully saturated rings. The fraction of sp³-hybridized carbons (Fsp3) is 0.958. The molecular formula is C24H49NO8. The summed E-state index contributed by atoms with van der Waals surface area (Å²) >= 11 is 0. The van der Waals surface area contributed by atoms with Crippen LogP contribution >= 0.6 is 0 Å². The van der Waals surface area contributed by atoms with Gasteiger partial charge in [0.25, 0.3) is 0 Å². The van der Waals surface area contributed by atoms with Gasteiger partial charge in [-0.2, -0.15) is 0 Å². The number of methoxy groups -OCH3 is 1. The normalized spacial score (nSPS) is 31.7. The Labute approximate surface area is 200 Å². The number of unbranched alkanes of at least 4 members (excludes halogenated alkanes) is 2. The molecular weight excluding hydrogens is 430 g/mol. The number of rotatable bonds is 10. The van der Waals surface area contributed by atoms with Crippen LogP contribution in [0.1, 0.15) is 67.2 Å². The van der Waals surface area contributed by atoms with Crippen LogP contribution in [0.2, 0.25) is 0 Å². The van der Waals surface area contributed by atoms with Crippen LogP contribution in [-0.4, -0.2) is 101 Å². The van der Waals surface area contributed by atoms with E-state index in [1.165, 1.54) is 0 Å². The minimum Gasteiger partial charge on any atom is -0.394 e. The summed E-state index contributed by atoms with van der Waals surface area (Å²) < 4.78 is 16.5. The second-order valence-electron chi connectivity index (χ2n) is 9.46. The Morgan fingerprint density at radius 3 is 2.27 bits per heavy atom. The molecule has 2 heterocycles. The third-order valence-electron chi connectivity index (χ3n) is 5.75. The van der Waals surface area contributed by atoms with E-state index in [0.717, 1.165) is 25.2 Å². The van der Waals surface area contributed by atoms with Gasteiger partial charge in [-0.1, -0.05) is 41.5 Å². The largest absolute Gasteiger partial charge is 0.394 e. The van der Waals surface area contributed by atoms with Crippen molar-refractivity contribution in [3.63, 3.8) is 0 Å². The Kier molecular flexibility index (Phi) is 16.3. The van der Waals surface area contributed by atoms with Gasteiger partial charge in [-0.3, -0.25) is 4.79 Å². The Bertz CT molecular complexity index is 516. The lowest BCUT2D eigenvalue weighted by Crippen LogP contribution is -2.55. The highest BCUT2D eigenvalue weighted by Gasteiger charge is 2.42. The molecule has 2 unspecified atom stereocenters. The summed E-state index contributed by atoms with van der Waals surface area (Å²) in [4.78, 5) is 14.1. The predicted molar refractivity (Wildman–Crippen MR) is 127 cm³/mol. The van der Waals surface area contributed by atoms with Crippen molar-refractivity contribution in [1.82, 2.24) is 4.90 Å². The zero-order chi connectivity index (χ0) is 24.3. The van der Waals surface area contributed by atoms with Crippen LogP contribution in [0.5, 0.6) is 0 Å². The molecule has 0 aliphatic carbocycles. The van der Waals surface area contributed by atoms with Crippen LogP contribution < -0.4 is 0 Å². The maximum atomic E-state index is 12.4. The van der Waals surface area contributed by atoms with Gasteiger partial charge in [-0.05, 0) is 25.2 Å². The Morgan fingerprint density at radius 2 is 1.73 bits per heavy atom. The lowest BCUT2D eigenvalue weighted by molar-refractivity contribution is -0.282. The van der Waals surface area contributed by atoms with E-state index in [1.807, 2.05) is 0 Å². The molecule has 2 saturated heterocycles. The first-order valence-corrected chi connectivity index (χ1v) is 11.8. The van der Waals surface area contributed by atoms with Crippen LogP contribution in [0.25, 0.3) is 0 Å². The van der Waals surface area contributed by atoms with Gasteiger partial charge in [0, 0.05) is 32.6 Å². The number of amides is 1. The highest BCUT2D eigenvalue weighted by molar-refractivity contribution is 5.76. The summed E-state index contributed by atoms with van der Waals surface area (Å²) in [6.07, 6.45) is -0.356.